The molecule has 0 radical (unpaired) electrons. The average molecular weight is 662 g/mol. The molecule has 0 N–H and O–H groups in total. The second kappa shape index (κ2) is 20.9. The monoisotopic (exact) mass is 662 g/mol. The number of hydrogen-bond donors (Lipinski definition) is 0. The predicted octanol–water partition coefficient (Wildman–Crippen LogP) is 6.00. The van der Waals surface area contributed by atoms with Crippen molar-refractivity contribution in [2.45, 2.75) is 0 Å². The molecule has 2 aliphatic rings. The van der Waals surface area contributed by atoms with Gasteiger partial charge in [-0.1, -0.05) is 0 Å². The van der Waals surface area contributed by atoms with Crippen molar-refractivity contribution in [3.8, 4) is 11.5 Å². The first kappa shape index (κ1) is 37.2. The molecule has 0 unspecified atom stereocenters. The molecule has 2 amide bonds. The molecule has 2 fully saturated rings. The van der Waals surface area contributed by atoms with Crippen LogP contribution < -0.4 is 9.47 Å². The van der Waals surface area contributed by atoms with E-state index in [0.717, 1.165) is 24.3 Å². The first-order chi connectivity index (χ1) is 21.3. The zero-order valence-electron chi connectivity index (χ0n) is 24.1. The SMILES string of the molecule is O=C(Oc1ccc(F)[c-]c1F)N1CCOCC1.O=C(Oc1ccc(F)[c-]c1F)N1CCOCC1.[Ti+4].c1cc[cH-]c1.c1cc[cH-]c1. The van der Waals surface area contributed by atoms with Gasteiger partial charge in [0.2, 0.25) is 0 Å². The van der Waals surface area contributed by atoms with Crippen molar-refractivity contribution < 1.29 is 67.8 Å². The molecular formula is C32H30F4N2O6Ti. The number of halogens is 4. The third-order valence-electron chi connectivity index (χ3n) is 5.70. The van der Waals surface area contributed by atoms with E-state index in [2.05, 4.69) is 0 Å². The van der Waals surface area contributed by atoms with E-state index in [4.69, 9.17) is 18.9 Å². The van der Waals surface area contributed by atoms with E-state index < -0.39 is 35.5 Å². The van der Waals surface area contributed by atoms with Crippen LogP contribution in [0.15, 0.2) is 84.9 Å². The van der Waals surface area contributed by atoms with Crippen molar-refractivity contribution in [1.82, 2.24) is 9.80 Å². The molecule has 2 saturated heterocycles. The van der Waals surface area contributed by atoms with Gasteiger partial charge in [0.15, 0.2) is 0 Å². The van der Waals surface area contributed by atoms with Crippen LogP contribution in [0.25, 0.3) is 0 Å². The fraction of sp³-hybridized carbons (Fsp3) is 0.250. The van der Waals surface area contributed by atoms with Crippen molar-refractivity contribution in [3.63, 3.8) is 0 Å². The number of carbonyl (C=O) groups is 2. The number of rotatable bonds is 2. The van der Waals surface area contributed by atoms with E-state index in [-0.39, 0.29) is 33.2 Å². The number of ether oxygens (including phenoxy) is 4. The van der Waals surface area contributed by atoms with Crippen molar-refractivity contribution in [1.29, 1.82) is 0 Å². The Hall–Kier alpha value is -3.97. The van der Waals surface area contributed by atoms with Crippen LogP contribution in [0.2, 0.25) is 0 Å². The van der Waals surface area contributed by atoms with Gasteiger partial charge in [0.25, 0.3) is 0 Å². The number of benzene rings is 2. The first-order valence-corrected chi connectivity index (χ1v) is 13.5. The van der Waals surface area contributed by atoms with Crippen LogP contribution in [0.1, 0.15) is 0 Å². The largest absolute Gasteiger partial charge is 4.00 e. The third-order valence-corrected chi connectivity index (χ3v) is 5.70. The van der Waals surface area contributed by atoms with Gasteiger partial charge in [-0.25, -0.2) is 51.4 Å². The summed E-state index contributed by atoms with van der Waals surface area (Å²) in [5.74, 6) is -4.38. The van der Waals surface area contributed by atoms with Gasteiger partial charge < -0.3 is 28.7 Å². The molecule has 4 aromatic carbocycles. The molecule has 0 saturated carbocycles. The van der Waals surface area contributed by atoms with Gasteiger partial charge in [-0.2, -0.15) is 36.4 Å². The van der Waals surface area contributed by atoms with Crippen molar-refractivity contribution in [2.24, 2.45) is 0 Å². The molecule has 0 aliphatic carbocycles. The Morgan fingerprint density at radius 3 is 1.22 bits per heavy atom. The Morgan fingerprint density at radius 2 is 0.956 bits per heavy atom. The van der Waals surface area contributed by atoms with Gasteiger partial charge in [0.05, 0.1) is 49.6 Å². The Bertz CT molecular complexity index is 1240. The summed E-state index contributed by atoms with van der Waals surface area (Å²) in [4.78, 5) is 25.9. The third kappa shape index (κ3) is 14.1. The summed E-state index contributed by atoms with van der Waals surface area (Å²) < 4.78 is 71.2. The molecule has 2 aliphatic heterocycles. The number of carbonyl (C=O) groups excluding carboxylic acids is 2. The zero-order valence-corrected chi connectivity index (χ0v) is 25.7. The van der Waals surface area contributed by atoms with Crippen LogP contribution in [0, 0.1) is 35.4 Å². The predicted molar refractivity (Wildman–Crippen MR) is 151 cm³/mol. The maximum atomic E-state index is 13.2. The summed E-state index contributed by atoms with van der Waals surface area (Å²) in [6.07, 6.45) is -1.35. The molecule has 6 rings (SSSR count). The Morgan fingerprint density at radius 1 is 0.622 bits per heavy atom. The molecule has 0 spiro atoms. The van der Waals surface area contributed by atoms with Crippen molar-refractivity contribution in [3.05, 3.63) is 120 Å². The Labute approximate surface area is 273 Å². The maximum Gasteiger partial charge on any atom is 4.00 e. The molecule has 8 nitrogen and oxygen atoms in total. The number of morpholine rings is 2. The van der Waals surface area contributed by atoms with Gasteiger partial charge in [0.1, 0.15) is 0 Å². The molecule has 4 aromatic rings. The van der Waals surface area contributed by atoms with E-state index in [1.807, 2.05) is 60.7 Å². The van der Waals surface area contributed by atoms with E-state index >= 15 is 0 Å². The van der Waals surface area contributed by atoms with Gasteiger partial charge in [-0.15, -0.1) is 36.4 Å². The molecule has 236 valence electrons. The molecule has 13 heteroatoms. The van der Waals surface area contributed by atoms with Gasteiger partial charge in [-0.3, -0.25) is 0 Å². The summed E-state index contributed by atoms with van der Waals surface area (Å²) in [5, 5.41) is 0. The fourth-order valence-electron chi connectivity index (χ4n) is 3.47. The molecule has 0 aromatic heterocycles. The van der Waals surface area contributed by atoms with Crippen molar-refractivity contribution in [2.75, 3.05) is 52.6 Å². The number of nitrogens with zero attached hydrogens (tertiary/aromatic N) is 2. The molecule has 45 heavy (non-hydrogen) atoms. The quantitative estimate of drug-likeness (QED) is 0.149. The normalized spacial score (nSPS) is 13.7. The smallest absolute Gasteiger partial charge is 0.471 e. The minimum Gasteiger partial charge on any atom is -0.471 e. The standard InChI is InChI=1S/2C11H10F2NO3.2C5H5.Ti/c2*12-8-1-2-10(9(13)7-8)17-11(15)14-3-5-16-6-4-14;2*1-2-4-5-3-1;/h2*1-2H,3-6H2;2*1-5H;/q4*-1;+4. The molecule has 0 atom stereocenters. The molecule has 0 bridgehead atoms. The Kier molecular flexibility index (Phi) is 17.3. The minimum absolute atomic E-state index is 0. The van der Waals surface area contributed by atoms with E-state index in [1.165, 1.54) is 9.80 Å². The zero-order chi connectivity index (χ0) is 31.6. The second-order valence-electron chi connectivity index (χ2n) is 8.83. The minimum atomic E-state index is -1.02. The molecule has 2 heterocycles. The van der Waals surface area contributed by atoms with E-state index in [0.29, 0.717) is 52.6 Å². The topological polar surface area (TPSA) is 77.5 Å². The van der Waals surface area contributed by atoms with Crippen LogP contribution in [0.3, 0.4) is 0 Å². The molecular weight excluding hydrogens is 632 g/mol. The Balaban J connectivity index is 0.000000235. The summed E-state index contributed by atoms with van der Waals surface area (Å²) >= 11 is 0. The average Bonchev–Trinajstić information content (AvgIpc) is 3.82. The van der Waals surface area contributed by atoms with Crippen LogP contribution >= 0.6 is 0 Å². The van der Waals surface area contributed by atoms with Crippen LogP contribution in [-0.2, 0) is 31.2 Å². The summed E-state index contributed by atoms with van der Waals surface area (Å²) in [6.45, 7) is 3.27. The maximum absolute atomic E-state index is 13.2. The number of hydrogen-bond acceptors (Lipinski definition) is 6. The summed E-state index contributed by atoms with van der Waals surface area (Å²) in [5.41, 5.74) is 0. The van der Waals surface area contributed by atoms with Crippen molar-refractivity contribution >= 4 is 12.2 Å². The van der Waals surface area contributed by atoms with E-state index in [9.17, 15) is 27.2 Å². The second-order valence-corrected chi connectivity index (χ2v) is 8.83. The first-order valence-electron chi connectivity index (χ1n) is 13.5. The van der Waals surface area contributed by atoms with Crippen LogP contribution in [0.4, 0.5) is 27.2 Å². The fourth-order valence-corrected chi connectivity index (χ4v) is 3.47. The van der Waals surface area contributed by atoms with Gasteiger partial charge in [0, 0.05) is 37.8 Å². The van der Waals surface area contributed by atoms with E-state index in [1.54, 1.807) is 12.1 Å². The van der Waals surface area contributed by atoms with Gasteiger partial charge in [-0.05, 0) is 0 Å². The summed E-state index contributed by atoms with van der Waals surface area (Å²) in [7, 11) is 0. The van der Waals surface area contributed by atoms with Crippen LogP contribution in [-0.4, -0.2) is 74.6 Å². The summed E-state index contributed by atoms with van der Waals surface area (Å²) in [6, 6.07) is 27.7. The van der Waals surface area contributed by atoms with Gasteiger partial charge >= 0.3 is 33.9 Å². The van der Waals surface area contributed by atoms with Crippen LogP contribution in [0.5, 0.6) is 11.5 Å². The number of amides is 2.